The minimum absolute atomic E-state index is 0.0629. The molecule has 8 nitrogen and oxygen atoms in total. The number of rotatable bonds is 4. The van der Waals surface area contributed by atoms with Gasteiger partial charge in [-0.2, -0.15) is 10.2 Å². The topological polar surface area (TPSA) is 86.6 Å². The molecule has 3 aromatic rings. The maximum absolute atomic E-state index is 13.7. The molecule has 2 aliphatic heterocycles. The van der Waals surface area contributed by atoms with Crippen LogP contribution >= 0.6 is 0 Å². The van der Waals surface area contributed by atoms with Crippen molar-refractivity contribution in [1.29, 1.82) is 0 Å². The van der Waals surface area contributed by atoms with E-state index in [4.69, 9.17) is 4.98 Å². The second kappa shape index (κ2) is 8.70. The lowest BCUT2D eigenvalue weighted by molar-refractivity contribution is 0.255. The standard InChI is InChI=1S/C26H27N7O/c1-5-18(13-16(2)27-4)21-9-10-24-25(28-21)33(19-11-12-32(24)15-19)26(34)29-22-7-6-8-23-20(22)14-17(3)30-31-23/h5-10,13-14,19H,4,11-12,15H2,1-3H3,(H,29,34)/b16-13-,18-5+/t19-/m0/s1. The molecular formula is C26H27N7O. The minimum Gasteiger partial charge on any atom is -0.366 e. The Hall–Kier alpha value is -4.07. The van der Waals surface area contributed by atoms with E-state index in [9.17, 15) is 4.79 Å². The summed E-state index contributed by atoms with van der Waals surface area (Å²) in [6, 6.07) is 11.5. The molecule has 1 atom stereocenters. The van der Waals surface area contributed by atoms with Gasteiger partial charge in [0.05, 0.1) is 34.3 Å². The number of nitrogens with one attached hydrogen (secondary N) is 1. The number of fused-ring (bicyclic) bond motifs is 5. The van der Waals surface area contributed by atoms with Crippen LogP contribution in [0.4, 0.5) is 22.0 Å². The van der Waals surface area contributed by atoms with Gasteiger partial charge in [0.25, 0.3) is 0 Å². The molecular weight excluding hydrogens is 426 g/mol. The second-order valence-electron chi connectivity index (χ2n) is 8.64. The molecule has 2 aromatic heterocycles. The molecule has 1 saturated heterocycles. The van der Waals surface area contributed by atoms with E-state index >= 15 is 0 Å². The van der Waals surface area contributed by atoms with Crippen molar-refractivity contribution in [3.05, 3.63) is 65.6 Å². The zero-order valence-corrected chi connectivity index (χ0v) is 19.6. The highest BCUT2D eigenvalue weighted by molar-refractivity contribution is 6.08. The molecule has 172 valence electrons. The van der Waals surface area contributed by atoms with Crippen molar-refractivity contribution >= 4 is 46.4 Å². The van der Waals surface area contributed by atoms with Gasteiger partial charge in [-0.15, -0.1) is 0 Å². The third-order valence-electron chi connectivity index (χ3n) is 6.38. The lowest BCUT2D eigenvalue weighted by atomic mass is 10.1. The average molecular weight is 454 g/mol. The maximum Gasteiger partial charge on any atom is 0.327 e. The molecule has 1 fully saturated rings. The molecule has 34 heavy (non-hydrogen) atoms. The van der Waals surface area contributed by atoms with Gasteiger partial charge in [0.1, 0.15) is 0 Å². The third kappa shape index (κ3) is 3.81. The van der Waals surface area contributed by atoms with Crippen LogP contribution in [0.15, 0.2) is 59.2 Å². The normalized spacial score (nSPS) is 17.7. The van der Waals surface area contributed by atoms with E-state index in [0.717, 1.165) is 58.8 Å². The molecule has 0 radical (unpaired) electrons. The van der Waals surface area contributed by atoms with E-state index in [-0.39, 0.29) is 12.1 Å². The number of carbonyl (C=O) groups is 1. The van der Waals surface area contributed by atoms with Crippen LogP contribution in [-0.4, -0.2) is 47.1 Å². The molecule has 4 heterocycles. The summed E-state index contributed by atoms with van der Waals surface area (Å²) < 4.78 is 0. The summed E-state index contributed by atoms with van der Waals surface area (Å²) in [6.07, 6.45) is 4.84. The molecule has 0 spiro atoms. The van der Waals surface area contributed by atoms with Gasteiger partial charge < -0.3 is 10.2 Å². The molecule has 1 aromatic carbocycles. The number of allylic oxidation sites excluding steroid dienone is 4. The first-order chi connectivity index (χ1) is 16.5. The summed E-state index contributed by atoms with van der Waals surface area (Å²) in [5, 5.41) is 12.4. The smallest absolute Gasteiger partial charge is 0.327 e. The zero-order chi connectivity index (χ0) is 23.8. The predicted octanol–water partition coefficient (Wildman–Crippen LogP) is 4.97. The zero-order valence-electron chi connectivity index (χ0n) is 19.6. The summed E-state index contributed by atoms with van der Waals surface area (Å²) >= 11 is 0. The fraction of sp³-hybridized carbons (Fsp3) is 0.269. The Labute approximate surface area is 198 Å². The van der Waals surface area contributed by atoms with Crippen molar-refractivity contribution in [2.75, 3.05) is 28.2 Å². The maximum atomic E-state index is 13.7. The monoisotopic (exact) mass is 453 g/mol. The Morgan fingerprint density at radius 3 is 2.91 bits per heavy atom. The average Bonchev–Trinajstić information content (AvgIpc) is 3.26. The van der Waals surface area contributed by atoms with Crippen LogP contribution in [-0.2, 0) is 0 Å². The number of anilines is 3. The predicted molar refractivity (Wildman–Crippen MR) is 138 cm³/mol. The van der Waals surface area contributed by atoms with Crippen molar-refractivity contribution in [3.8, 4) is 0 Å². The van der Waals surface area contributed by atoms with Gasteiger partial charge in [-0.25, -0.2) is 9.78 Å². The van der Waals surface area contributed by atoms with Gasteiger partial charge in [-0.1, -0.05) is 12.1 Å². The van der Waals surface area contributed by atoms with Gasteiger partial charge in [0, 0.05) is 24.2 Å². The van der Waals surface area contributed by atoms with Crippen LogP contribution in [0, 0.1) is 6.92 Å². The van der Waals surface area contributed by atoms with Crippen molar-refractivity contribution in [3.63, 3.8) is 0 Å². The largest absolute Gasteiger partial charge is 0.366 e. The first-order valence-corrected chi connectivity index (χ1v) is 11.4. The number of nitrogens with zero attached hydrogens (tertiary/aromatic N) is 6. The van der Waals surface area contributed by atoms with Gasteiger partial charge in [0.2, 0.25) is 0 Å². The highest BCUT2D eigenvalue weighted by atomic mass is 16.2. The molecule has 2 amide bonds. The lowest BCUT2D eigenvalue weighted by Crippen LogP contribution is -2.48. The Kier molecular flexibility index (Phi) is 5.57. The molecule has 1 N–H and O–H groups in total. The van der Waals surface area contributed by atoms with Crippen molar-refractivity contribution in [2.24, 2.45) is 4.99 Å². The second-order valence-corrected chi connectivity index (χ2v) is 8.64. The van der Waals surface area contributed by atoms with Crippen LogP contribution in [0.1, 0.15) is 31.7 Å². The van der Waals surface area contributed by atoms with Crippen LogP contribution < -0.4 is 15.1 Å². The van der Waals surface area contributed by atoms with Gasteiger partial charge in [-0.05, 0) is 75.9 Å². The Balaban J connectivity index is 1.54. The lowest BCUT2D eigenvalue weighted by Gasteiger charge is -2.36. The molecule has 2 bridgehead atoms. The number of pyridine rings is 1. The van der Waals surface area contributed by atoms with Crippen LogP contribution in [0.5, 0.6) is 0 Å². The van der Waals surface area contributed by atoms with E-state index in [1.807, 2.05) is 68.2 Å². The van der Waals surface area contributed by atoms with Crippen LogP contribution in [0.2, 0.25) is 0 Å². The molecule has 0 aliphatic carbocycles. The van der Waals surface area contributed by atoms with Gasteiger partial charge in [0.15, 0.2) is 5.82 Å². The molecule has 8 heteroatoms. The first kappa shape index (κ1) is 21.8. The Bertz CT molecular complexity index is 1360. The number of aryl methyl sites for hydroxylation is 1. The number of carbonyl (C=O) groups excluding carboxylic acids is 1. The van der Waals surface area contributed by atoms with Crippen LogP contribution in [0.25, 0.3) is 16.5 Å². The first-order valence-electron chi connectivity index (χ1n) is 11.4. The summed E-state index contributed by atoms with van der Waals surface area (Å²) in [7, 11) is 0. The summed E-state index contributed by atoms with van der Waals surface area (Å²) in [6.45, 7) is 11.1. The van der Waals surface area contributed by atoms with Crippen molar-refractivity contribution in [1.82, 2.24) is 15.2 Å². The quantitative estimate of drug-likeness (QED) is 0.445. The fourth-order valence-electron chi connectivity index (χ4n) is 4.65. The summed E-state index contributed by atoms with van der Waals surface area (Å²) in [4.78, 5) is 26.8. The number of benzene rings is 1. The van der Waals surface area contributed by atoms with Crippen molar-refractivity contribution in [2.45, 2.75) is 33.2 Å². The SMILES string of the molecule is C=N/C(C)=C\C(=C/C)c1ccc2c(n1)N(C(=O)Nc1cccc3nnc(C)cc13)[C@H]1CCN2C1. The number of aromatic nitrogens is 3. The molecule has 5 rings (SSSR count). The number of hydrogen-bond donors (Lipinski definition) is 1. The highest BCUT2D eigenvalue weighted by Crippen LogP contribution is 2.40. The van der Waals surface area contributed by atoms with E-state index in [1.54, 1.807) is 0 Å². The van der Waals surface area contributed by atoms with E-state index < -0.39 is 0 Å². The fourth-order valence-corrected chi connectivity index (χ4v) is 4.65. The Morgan fingerprint density at radius 2 is 2.12 bits per heavy atom. The number of amides is 2. The van der Waals surface area contributed by atoms with Crippen LogP contribution in [0.3, 0.4) is 0 Å². The molecule has 2 aliphatic rings. The number of hydrogen-bond acceptors (Lipinski definition) is 6. The summed E-state index contributed by atoms with van der Waals surface area (Å²) in [5.74, 6) is 0.678. The van der Waals surface area contributed by atoms with E-state index in [1.165, 1.54) is 0 Å². The number of aliphatic imine (C=N–C) groups is 1. The third-order valence-corrected chi connectivity index (χ3v) is 6.38. The minimum atomic E-state index is -0.194. The molecule has 0 saturated carbocycles. The Morgan fingerprint density at radius 1 is 1.26 bits per heavy atom. The van der Waals surface area contributed by atoms with E-state index in [2.05, 4.69) is 38.2 Å². The van der Waals surface area contributed by atoms with Crippen molar-refractivity contribution < 1.29 is 4.79 Å². The van der Waals surface area contributed by atoms with E-state index in [0.29, 0.717) is 11.5 Å². The van der Waals surface area contributed by atoms with Gasteiger partial charge >= 0.3 is 6.03 Å². The number of urea groups is 1. The molecule has 0 unspecified atom stereocenters. The highest BCUT2D eigenvalue weighted by Gasteiger charge is 2.40. The van der Waals surface area contributed by atoms with Gasteiger partial charge in [-0.3, -0.25) is 9.89 Å². The summed E-state index contributed by atoms with van der Waals surface area (Å²) in [5.41, 5.74) is 5.76.